The number of benzene rings is 1. The molecule has 3 aromatic heterocycles. The molecule has 4 rings (SSSR count). The number of aryl methyl sites for hydroxylation is 1. The lowest BCUT2D eigenvalue weighted by molar-refractivity contribution is 0.101. The largest absolute Gasteiger partial charge is 0.467 e. The second kappa shape index (κ2) is 7.28. The van der Waals surface area contributed by atoms with E-state index in [0.717, 1.165) is 0 Å². The van der Waals surface area contributed by atoms with Crippen molar-refractivity contribution < 1.29 is 9.21 Å². The van der Waals surface area contributed by atoms with E-state index in [0.29, 0.717) is 27.5 Å². The molecular weight excluding hydrogens is 362 g/mol. The predicted octanol–water partition coefficient (Wildman–Crippen LogP) is 3.35. The molecule has 0 unspecified atom stereocenters. The van der Waals surface area contributed by atoms with E-state index in [4.69, 9.17) is 4.42 Å². The van der Waals surface area contributed by atoms with E-state index in [-0.39, 0.29) is 23.6 Å². The van der Waals surface area contributed by atoms with Crippen molar-refractivity contribution in [3.05, 3.63) is 82.8 Å². The zero-order chi connectivity index (χ0) is 18.8. The fourth-order valence-electron chi connectivity index (χ4n) is 2.91. The number of fused-ring (bicyclic) bond motifs is 1. The third-order valence-electron chi connectivity index (χ3n) is 4.28. The van der Waals surface area contributed by atoms with Crippen LogP contribution in [-0.2, 0) is 13.6 Å². The highest BCUT2D eigenvalue weighted by molar-refractivity contribution is 7.99. The Bertz CT molecular complexity index is 1160. The van der Waals surface area contributed by atoms with Gasteiger partial charge in [-0.05, 0) is 36.4 Å². The number of hydrogen-bond donors (Lipinski definition) is 0. The van der Waals surface area contributed by atoms with E-state index in [1.165, 1.54) is 11.8 Å². The van der Waals surface area contributed by atoms with Crippen LogP contribution in [0.25, 0.3) is 10.9 Å². The summed E-state index contributed by atoms with van der Waals surface area (Å²) >= 11 is 1.26. The van der Waals surface area contributed by atoms with Crippen molar-refractivity contribution in [1.82, 2.24) is 14.1 Å². The van der Waals surface area contributed by atoms with Crippen molar-refractivity contribution in [2.24, 2.45) is 7.05 Å². The van der Waals surface area contributed by atoms with Crippen molar-refractivity contribution in [1.29, 1.82) is 0 Å². The SMILES string of the molecule is Cn1cccc1C(=O)CSc1nc2ccccc2c(=O)n1Cc1ccco1. The minimum absolute atomic E-state index is 0.0144. The highest BCUT2D eigenvalue weighted by Gasteiger charge is 2.16. The number of Topliss-reactive ketones (excluding diaryl/α,β-unsaturated/α-hetero) is 1. The fraction of sp³-hybridized carbons (Fsp3) is 0.150. The van der Waals surface area contributed by atoms with Crippen LogP contribution in [-0.4, -0.2) is 25.7 Å². The van der Waals surface area contributed by atoms with Crippen molar-refractivity contribution in [2.75, 3.05) is 5.75 Å². The van der Waals surface area contributed by atoms with Gasteiger partial charge in [0.05, 0.1) is 35.2 Å². The number of ketones is 1. The first kappa shape index (κ1) is 17.4. The van der Waals surface area contributed by atoms with Crippen LogP contribution in [0, 0.1) is 0 Å². The number of rotatable bonds is 6. The van der Waals surface area contributed by atoms with Gasteiger partial charge < -0.3 is 8.98 Å². The molecule has 0 saturated heterocycles. The number of aromatic nitrogens is 3. The summed E-state index contributed by atoms with van der Waals surface area (Å²) in [7, 11) is 1.83. The Morgan fingerprint density at radius 1 is 1.15 bits per heavy atom. The Kier molecular flexibility index (Phi) is 4.68. The summed E-state index contributed by atoms with van der Waals surface area (Å²) in [5, 5.41) is 1.04. The molecule has 136 valence electrons. The number of nitrogens with zero attached hydrogens (tertiary/aromatic N) is 3. The van der Waals surface area contributed by atoms with E-state index in [1.807, 2.05) is 37.5 Å². The number of para-hydroxylation sites is 1. The fourth-order valence-corrected chi connectivity index (χ4v) is 3.78. The van der Waals surface area contributed by atoms with Gasteiger partial charge in [-0.1, -0.05) is 23.9 Å². The van der Waals surface area contributed by atoms with Gasteiger partial charge in [0.1, 0.15) is 5.76 Å². The Morgan fingerprint density at radius 3 is 2.74 bits per heavy atom. The maximum absolute atomic E-state index is 13.0. The Hall–Kier alpha value is -3.06. The van der Waals surface area contributed by atoms with Gasteiger partial charge in [0, 0.05) is 13.2 Å². The molecule has 7 heteroatoms. The molecule has 0 aliphatic heterocycles. The van der Waals surface area contributed by atoms with E-state index >= 15 is 0 Å². The maximum Gasteiger partial charge on any atom is 0.262 e. The predicted molar refractivity (Wildman–Crippen MR) is 104 cm³/mol. The lowest BCUT2D eigenvalue weighted by atomic mass is 10.2. The van der Waals surface area contributed by atoms with Crippen molar-refractivity contribution in [3.8, 4) is 0 Å². The minimum Gasteiger partial charge on any atom is -0.467 e. The van der Waals surface area contributed by atoms with Gasteiger partial charge in [-0.3, -0.25) is 14.2 Å². The van der Waals surface area contributed by atoms with E-state index in [2.05, 4.69) is 4.98 Å². The topological polar surface area (TPSA) is 70.0 Å². The summed E-state index contributed by atoms with van der Waals surface area (Å²) in [6.07, 6.45) is 3.40. The van der Waals surface area contributed by atoms with Crippen LogP contribution in [0.5, 0.6) is 0 Å². The molecule has 27 heavy (non-hydrogen) atoms. The molecule has 0 amide bonds. The molecule has 6 nitrogen and oxygen atoms in total. The van der Waals surface area contributed by atoms with Crippen LogP contribution in [0.2, 0.25) is 0 Å². The molecule has 0 bridgehead atoms. The van der Waals surface area contributed by atoms with Gasteiger partial charge >= 0.3 is 0 Å². The molecule has 4 aromatic rings. The second-order valence-corrected chi connectivity index (χ2v) is 7.04. The molecule has 0 fully saturated rings. The first-order valence-corrected chi connectivity index (χ1v) is 9.41. The zero-order valence-electron chi connectivity index (χ0n) is 14.7. The molecule has 0 spiro atoms. The molecular formula is C20H17N3O3S. The number of hydrogen-bond acceptors (Lipinski definition) is 5. The zero-order valence-corrected chi connectivity index (χ0v) is 15.5. The van der Waals surface area contributed by atoms with Crippen LogP contribution in [0.15, 0.2) is 75.4 Å². The van der Waals surface area contributed by atoms with Crippen LogP contribution >= 0.6 is 11.8 Å². The summed E-state index contributed by atoms with van der Waals surface area (Å²) < 4.78 is 8.74. The monoisotopic (exact) mass is 379 g/mol. The number of furan rings is 1. The van der Waals surface area contributed by atoms with Gasteiger partial charge in [0.15, 0.2) is 10.9 Å². The lowest BCUT2D eigenvalue weighted by Crippen LogP contribution is -2.24. The lowest BCUT2D eigenvalue weighted by Gasteiger charge is -2.12. The van der Waals surface area contributed by atoms with Gasteiger partial charge in [-0.25, -0.2) is 4.98 Å². The molecule has 0 atom stereocenters. The summed E-state index contributed by atoms with van der Waals surface area (Å²) in [5.41, 5.74) is 1.10. The van der Waals surface area contributed by atoms with Crippen molar-refractivity contribution in [3.63, 3.8) is 0 Å². The molecule has 3 heterocycles. The summed E-state index contributed by atoms with van der Waals surface area (Å²) in [6, 6.07) is 14.4. The molecule has 0 saturated carbocycles. The third kappa shape index (κ3) is 3.46. The van der Waals surface area contributed by atoms with Crippen LogP contribution in [0.1, 0.15) is 16.2 Å². The molecule has 0 radical (unpaired) electrons. The smallest absolute Gasteiger partial charge is 0.262 e. The van der Waals surface area contributed by atoms with Crippen LogP contribution in [0.4, 0.5) is 0 Å². The standard InChI is InChI=1S/C20H17N3O3S/c1-22-10-4-9-17(22)18(24)13-27-20-21-16-8-3-2-7-15(16)19(25)23(20)12-14-6-5-11-26-14/h2-11H,12-13H2,1H3. The highest BCUT2D eigenvalue weighted by atomic mass is 32.2. The second-order valence-electron chi connectivity index (χ2n) is 6.10. The number of thioether (sulfide) groups is 1. The Labute approximate surface area is 159 Å². The van der Waals surface area contributed by atoms with E-state index in [9.17, 15) is 9.59 Å². The van der Waals surface area contributed by atoms with Gasteiger partial charge in [0.25, 0.3) is 5.56 Å². The average Bonchev–Trinajstić information content (AvgIpc) is 3.34. The Balaban J connectivity index is 1.70. The molecule has 1 aromatic carbocycles. The van der Waals surface area contributed by atoms with E-state index in [1.54, 1.807) is 39.7 Å². The third-order valence-corrected chi connectivity index (χ3v) is 5.26. The molecule has 0 aliphatic carbocycles. The first-order valence-electron chi connectivity index (χ1n) is 8.43. The maximum atomic E-state index is 13.0. The first-order chi connectivity index (χ1) is 13.1. The number of carbonyl (C=O) groups is 1. The number of carbonyl (C=O) groups excluding carboxylic acids is 1. The average molecular weight is 379 g/mol. The van der Waals surface area contributed by atoms with E-state index < -0.39 is 0 Å². The normalized spacial score (nSPS) is 11.1. The summed E-state index contributed by atoms with van der Waals surface area (Å²) in [5.74, 6) is 0.838. The quantitative estimate of drug-likeness (QED) is 0.292. The van der Waals surface area contributed by atoms with Gasteiger partial charge in [-0.2, -0.15) is 0 Å². The summed E-state index contributed by atoms with van der Waals surface area (Å²) in [4.78, 5) is 30.1. The molecule has 0 N–H and O–H groups in total. The van der Waals surface area contributed by atoms with Gasteiger partial charge in [0.2, 0.25) is 0 Å². The van der Waals surface area contributed by atoms with Crippen LogP contribution in [0.3, 0.4) is 0 Å². The molecule has 0 aliphatic rings. The van der Waals surface area contributed by atoms with Crippen molar-refractivity contribution >= 4 is 28.4 Å². The highest BCUT2D eigenvalue weighted by Crippen LogP contribution is 2.20. The van der Waals surface area contributed by atoms with Gasteiger partial charge in [-0.15, -0.1) is 0 Å². The van der Waals surface area contributed by atoms with Crippen LogP contribution < -0.4 is 5.56 Å². The summed E-state index contributed by atoms with van der Waals surface area (Å²) in [6.45, 7) is 0.268. The van der Waals surface area contributed by atoms with Crippen molar-refractivity contribution in [2.45, 2.75) is 11.7 Å². The minimum atomic E-state index is -0.147. The Morgan fingerprint density at radius 2 is 2.00 bits per heavy atom.